The van der Waals surface area contributed by atoms with Crippen LogP contribution in [0.4, 0.5) is 0 Å². The number of carbonyl (C=O) groups is 1. The molecule has 0 aliphatic carbocycles. The first-order chi connectivity index (χ1) is 6.44. The molecule has 5 heteroatoms. The number of nitrogens with zero attached hydrogens (tertiary/aromatic N) is 1. The molecule has 1 aromatic heterocycles. The molecule has 4 nitrogen and oxygen atoms in total. The maximum absolute atomic E-state index is 11.6. The number of hydrogen-bond donors (Lipinski definition) is 2. The van der Waals surface area contributed by atoms with Crippen LogP contribution in [0.1, 0.15) is 28.5 Å². The predicted molar refractivity (Wildman–Crippen MR) is 55.5 cm³/mol. The normalized spacial score (nSPS) is 11.4. The molecule has 0 spiro atoms. The van der Waals surface area contributed by atoms with E-state index in [0.29, 0.717) is 4.88 Å². The Morgan fingerprint density at radius 2 is 2.36 bits per heavy atom. The zero-order valence-corrected chi connectivity index (χ0v) is 9.31. The Morgan fingerprint density at radius 3 is 2.79 bits per heavy atom. The lowest BCUT2D eigenvalue weighted by Gasteiger charge is -2.22. The van der Waals surface area contributed by atoms with Crippen molar-refractivity contribution in [2.45, 2.75) is 26.3 Å². The van der Waals surface area contributed by atoms with Gasteiger partial charge in [-0.3, -0.25) is 4.79 Å². The lowest BCUT2D eigenvalue weighted by Crippen LogP contribution is -2.46. The molecule has 0 saturated heterocycles. The molecule has 0 aromatic carbocycles. The molecule has 0 atom stereocenters. The van der Waals surface area contributed by atoms with Crippen molar-refractivity contribution in [3.8, 4) is 0 Å². The van der Waals surface area contributed by atoms with Gasteiger partial charge in [0.05, 0.1) is 23.4 Å². The lowest BCUT2D eigenvalue weighted by atomic mass is 10.1. The number of aryl methyl sites for hydroxylation is 1. The molecule has 0 radical (unpaired) electrons. The van der Waals surface area contributed by atoms with Crippen LogP contribution < -0.4 is 5.32 Å². The van der Waals surface area contributed by atoms with Gasteiger partial charge in [-0.2, -0.15) is 0 Å². The summed E-state index contributed by atoms with van der Waals surface area (Å²) in [7, 11) is 0. The summed E-state index contributed by atoms with van der Waals surface area (Å²) in [6.45, 7) is 5.28. The van der Waals surface area contributed by atoms with E-state index >= 15 is 0 Å². The Kier molecular flexibility index (Phi) is 3.23. The highest BCUT2D eigenvalue weighted by Gasteiger charge is 2.20. The third-order valence-electron chi connectivity index (χ3n) is 1.69. The van der Waals surface area contributed by atoms with Gasteiger partial charge in [0, 0.05) is 0 Å². The van der Waals surface area contributed by atoms with Gasteiger partial charge in [-0.1, -0.05) is 0 Å². The first kappa shape index (κ1) is 11.1. The summed E-state index contributed by atoms with van der Waals surface area (Å²) in [6, 6.07) is 0. The zero-order valence-electron chi connectivity index (χ0n) is 8.50. The zero-order chi connectivity index (χ0) is 10.8. The largest absolute Gasteiger partial charge is 0.394 e. The van der Waals surface area contributed by atoms with Gasteiger partial charge < -0.3 is 10.4 Å². The second-order valence-electron chi connectivity index (χ2n) is 3.74. The van der Waals surface area contributed by atoms with Gasteiger partial charge in [0.25, 0.3) is 5.91 Å². The lowest BCUT2D eigenvalue weighted by molar-refractivity contribution is 0.0873. The average Bonchev–Trinajstić information content (AvgIpc) is 2.51. The van der Waals surface area contributed by atoms with Crippen molar-refractivity contribution in [3.63, 3.8) is 0 Å². The molecule has 0 aliphatic rings. The summed E-state index contributed by atoms with van der Waals surface area (Å²) in [5, 5.41) is 12.5. The van der Waals surface area contributed by atoms with Gasteiger partial charge in [0.15, 0.2) is 0 Å². The number of thiazole rings is 1. The third-order valence-corrected chi connectivity index (χ3v) is 2.60. The van der Waals surface area contributed by atoms with E-state index in [1.165, 1.54) is 11.3 Å². The van der Waals surface area contributed by atoms with Crippen LogP contribution in [0, 0.1) is 6.92 Å². The Hall–Kier alpha value is -0.940. The molecule has 0 saturated carbocycles. The minimum Gasteiger partial charge on any atom is -0.394 e. The second-order valence-corrected chi connectivity index (χ2v) is 4.97. The Morgan fingerprint density at radius 1 is 1.71 bits per heavy atom. The summed E-state index contributed by atoms with van der Waals surface area (Å²) >= 11 is 1.34. The molecule has 1 aromatic rings. The fourth-order valence-electron chi connectivity index (χ4n) is 0.875. The van der Waals surface area contributed by atoms with Crippen LogP contribution in [-0.4, -0.2) is 28.1 Å². The number of amides is 1. The first-order valence-corrected chi connectivity index (χ1v) is 5.12. The van der Waals surface area contributed by atoms with Gasteiger partial charge in [-0.25, -0.2) is 4.98 Å². The molecular weight excluding hydrogens is 200 g/mol. The minimum absolute atomic E-state index is 0.0868. The van der Waals surface area contributed by atoms with Crippen molar-refractivity contribution in [2.75, 3.05) is 6.61 Å². The minimum atomic E-state index is -0.588. The number of hydrogen-bond acceptors (Lipinski definition) is 4. The van der Waals surface area contributed by atoms with Gasteiger partial charge in [-0.15, -0.1) is 11.3 Å². The van der Waals surface area contributed by atoms with E-state index in [4.69, 9.17) is 5.11 Å². The second kappa shape index (κ2) is 4.06. The summed E-state index contributed by atoms with van der Waals surface area (Å²) in [6.07, 6.45) is 1.54. The molecule has 0 fully saturated rings. The van der Waals surface area contributed by atoms with E-state index < -0.39 is 5.54 Å². The number of rotatable bonds is 3. The van der Waals surface area contributed by atoms with Crippen molar-refractivity contribution in [1.82, 2.24) is 10.3 Å². The number of aliphatic hydroxyl groups is 1. The van der Waals surface area contributed by atoms with Crippen molar-refractivity contribution in [1.29, 1.82) is 0 Å². The van der Waals surface area contributed by atoms with E-state index in [2.05, 4.69) is 10.3 Å². The van der Waals surface area contributed by atoms with Gasteiger partial charge in [0.2, 0.25) is 0 Å². The van der Waals surface area contributed by atoms with Crippen LogP contribution >= 0.6 is 11.3 Å². The molecule has 1 amide bonds. The van der Waals surface area contributed by atoms with Crippen LogP contribution in [0.5, 0.6) is 0 Å². The van der Waals surface area contributed by atoms with Crippen molar-refractivity contribution < 1.29 is 9.90 Å². The molecule has 1 rings (SSSR count). The van der Waals surface area contributed by atoms with Crippen molar-refractivity contribution in [2.24, 2.45) is 0 Å². The predicted octanol–water partition coefficient (Wildman–Crippen LogP) is 0.952. The van der Waals surface area contributed by atoms with Crippen LogP contribution in [0.25, 0.3) is 0 Å². The Bertz CT molecular complexity index is 333. The smallest absolute Gasteiger partial charge is 0.263 e. The van der Waals surface area contributed by atoms with Crippen molar-refractivity contribution >= 4 is 17.2 Å². The maximum atomic E-state index is 11.6. The fraction of sp³-hybridized carbons (Fsp3) is 0.556. The Labute approximate surface area is 87.0 Å². The molecule has 2 N–H and O–H groups in total. The number of carbonyl (C=O) groups excluding carboxylic acids is 1. The Balaban J connectivity index is 2.68. The van der Waals surface area contributed by atoms with E-state index in [1.54, 1.807) is 20.0 Å². The molecular formula is C9H14N2O2S. The highest BCUT2D eigenvalue weighted by atomic mass is 32.1. The molecule has 1 heterocycles. The molecule has 0 unspecified atom stereocenters. The fourth-order valence-corrected chi connectivity index (χ4v) is 1.55. The number of aromatic nitrogens is 1. The molecule has 14 heavy (non-hydrogen) atoms. The van der Waals surface area contributed by atoms with Crippen LogP contribution in [0.2, 0.25) is 0 Å². The van der Waals surface area contributed by atoms with Crippen LogP contribution in [0.3, 0.4) is 0 Å². The summed E-state index contributed by atoms with van der Waals surface area (Å²) in [4.78, 5) is 16.1. The van der Waals surface area contributed by atoms with E-state index in [9.17, 15) is 4.79 Å². The van der Waals surface area contributed by atoms with Crippen LogP contribution in [-0.2, 0) is 0 Å². The third kappa shape index (κ3) is 2.78. The SMILES string of the molecule is Cc1ncc(C(=O)NC(C)(C)CO)s1. The summed E-state index contributed by atoms with van der Waals surface area (Å²) in [5.41, 5.74) is -0.588. The molecule has 0 bridgehead atoms. The monoisotopic (exact) mass is 214 g/mol. The van der Waals surface area contributed by atoms with Crippen molar-refractivity contribution in [3.05, 3.63) is 16.1 Å². The van der Waals surface area contributed by atoms with Gasteiger partial charge in [0.1, 0.15) is 4.88 Å². The van der Waals surface area contributed by atoms with Crippen LogP contribution in [0.15, 0.2) is 6.20 Å². The highest BCUT2D eigenvalue weighted by Crippen LogP contribution is 2.12. The summed E-state index contributed by atoms with van der Waals surface area (Å²) < 4.78 is 0. The standard InChI is InChI=1S/C9H14N2O2S/c1-6-10-4-7(14-6)8(13)11-9(2,3)5-12/h4,12H,5H2,1-3H3,(H,11,13). The first-order valence-electron chi connectivity index (χ1n) is 4.30. The van der Waals surface area contributed by atoms with E-state index in [0.717, 1.165) is 5.01 Å². The molecule has 0 aliphatic heterocycles. The molecule has 78 valence electrons. The van der Waals surface area contributed by atoms with E-state index in [-0.39, 0.29) is 12.5 Å². The van der Waals surface area contributed by atoms with E-state index in [1.807, 2.05) is 6.92 Å². The number of nitrogens with one attached hydrogen (secondary N) is 1. The average molecular weight is 214 g/mol. The van der Waals surface area contributed by atoms with Gasteiger partial charge in [-0.05, 0) is 20.8 Å². The number of aliphatic hydroxyl groups excluding tert-OH is 1. The quantitative estimate of drug-likeness (QED) is 0.787. The maximum Gasteiger partial charge on any atom is 0.263 e. The summed E-state index contributed by atoms with van der Waals surface area (Å²) in [5.74, 6) is -0.186. The topological polar surface area (TPSA) is 62.2 Å². The van der Waals surface area contributed by atoms with Gasteiger partial charge >= 0.3 is 0 Å². The highest BCUT2D eigenvalue weighted by molar-refractivity contribution is 7.13.